The smallest absolute Gasteiger partial charge is 0.338 e. The van der Waals surface area contributed by atoms with E-state index in [1.165, 1.54) is 6.92 Å². The number of carbonyl (C=O) groups is 2. The first kappa shape index (κ1) is 17.2. The fourth-order valence-electron chi connectivity index (χ4n) is 2.07. The molecule has 0 aromatic heterocycles. The fraction of sp³-hybridized carbons (Fsp3) is 0.211. The second-order valence-corrected chi connectivity index (χ2v) is 5.49. The first-order valence-electron chi connectivity index (χ1n) is 7.50. The molecule has 1 atom stereocenters. The Bertz CT molecular complexity index is 822. The van der Waals surface area contributed by atoms with Crippen molar-refractivity contribution in [1.29, 1.82) is 5.26 Å². The number of nitriles is 1. The first-order valence-corrected chi connectivity index (χ1v) is 7.50. The lowest BCUT2D eigenvalue weighted by molar-refractivity contribution is -0.123. The Balaban J connectivity index is 2.04. The van der Waals surface area contributed by atoms with Crippen LogP contribution in [0.4, 0.5) is 5.69 Å². The van der Waals surface area contributed by atoms with E-state index in [1.807, 2.05) is 26.0 Å². The van der Waals surface area contributed by atoms with E-state index in [4.69, 9.17) is 10.00 Å². The van der Waals surface area contributed by atoms with Crippen molar-refractivity contribution in [3.8, 4) is 6.07 Å². The SMILES string of the molecule is Cc1ccc(C(=O)O[C@H](C)C(=O)Nc2ccccc2C#N)cc1C. The number of para-hydroxylation sites is 1. The summed E-state index contributed by atoms with van der Waals surface area (Å²) in [4.78, 5) is 24.3. The highest BCUT2D eigenvalue weighted by Gasteiger charge is 2.20. The molecule has 0 fully saturated rings. The second-order valence-electron chi connectivity index (χ2n) is 5.49. The Morgan fingerprint density at radius 1 is 1.12 bits per heavy atom. The van der Waals surface area contributed by atoms with Gasteiger partial charge in [-0.2, -0.15) is 5.26 Å². The summed E-state index contributed by atoms with van der Waals surface area (Å²) in [6, 6.07) is 13.9. The predicted octanol–water partition coefficient (Wildman–Crippen LogP) is 3.36. The molecule has 1 N–H and O–H groups in total. The van der Waals surface area contributed by atoms with Crippen molar-refractivity contribution in [3.63, 3.8) is 0 Å². The summed E-state index contributed by atoms with van der Waals surface area (Å²) in [6.45, 7) is 5.34. The molecule has 0 spiro atoms. The second kappa shape index (κ2) is 7.42. The summed E-state index contributed by atoms with van der Waals surface area (Å²) in [6.07, 6.45) is -0.981. The summed E-state index contributed by atoms with van der Waals surface area (Å²) in [5.74, 6) is -1.05. The Morgan fingerprint density at radius 2 is 1.83 bits per heavy atom. The molecule has 0 aliphatic carbocycles. The van der Waals surface area contributed by atoms with E-state index in [0.717, 1.165) is 11.1 Å². The van der Waals surface area contributed by atoms with Crippen LogP contribution in [0.5, 0.6) is 0 Å². The largest absolute Gasteiger partial charge is 0.449 e. The average molecular weight is 322 g/mol. The third-order valence-corrected chi connectivity index (χ3v) is 3.70. The summed E-state index contributed by atoms with van der Waals surface area (Å²) in [5.41, 5.74) is 3.18. The number of anilines is 1. The summed E-state index contributed by atoms with van der Waals surface area (Å²) >= 11 is 0. The predicted molar refractivity (Wildman–Crippen MR) is 90.6 cm³/mol. The van der Waals surface area contributed by atoms with Gasteiger partial charge < -0.3 is 10.1 Å². The van der Waals surface area contributed by atoms with Crippen LogP contribution in [-0.4, -0.2) is 18.0 Å². The van der Waals surface area contributed by atoms with Crippen LogP contribution in [0.15, 0.2) is 42.5 Å². The quantitative estimate of drug-likeness (QED) is 0.875. The number of hydrogen-bond donors (Lipinski definition) is 1. The number of esters is 1. The number of aryl methyl sites for hydroxylation is 2. The van der Waals surface area contributed by atoms with E-state index < -0.39 is 18.0 Å². The third-order valence-electron chi connectivity index (χ3n) is 3.70. The number of carbonyl (C=O) groups excluding carboxylic acids is 2. The van der Waals surface area contributed by atoms with Crippen LogP contribution in [0, 0.1) is 25.2 Å². The number of nitrogens with one attached hydrogen (secondary N) is 1. The van der Waals surface area contributed by atoms with Gasteiger partial charge in [0.25, 0.3) is 5.91 Å². The highest BCUT2D eigenvalue weighted by Crippen LogP contribution is 2.15. The van der Waals surface area contributed by atoms with Crippen molar-refractivity contribution in [2.24, 2.45) is 0 Å². The zero-order chi connectivity index (χ0) is 17.7. The van der Waals surface area contributed by atoms with Crippen molar-refractivity contribution < 1.29 is 14.3 Å². The fourth-order valence-corrected chi connectivity index (χ4v) is 2.07. The number of amides is 1. The average Bonchev–Trinajstić information content (AvgIpc) is 2.57. The molecular weight excluding hydrogens is 304 g/mol. The molecule has 0 unspecified atom stereocenters. The third kappa shape index (κ3) is 3.99. The van der Waals surface area contributed by atoms with Gasteiger partial charge in [0.1, 0.15) is 6.07 Å². The first-order chi connectivity index (χ1) is 11.4. The molecule has 5 heteroatoms. The van der Waals surface area contributed by atoms with Crippen molar-refractivity contribution in [2.45, 2.75) is 26.9 Å². The van der Waals surface area contributed by atoms with Gasteiger partial charge in [-0.1, -0.05) is 18.2 Å². The monoisotopic (exact) mass is 322 g/mol. The summed E-state index contributed by atoms with van der Waals surface area (Å²) in [7, 11) is 0. The molecule has 0 aliphatic rings. The number of ether oxygens (including phenoxy) is 1. The highest BCUT2D eigenvalue weighted by molar-refractivity contribution is 5.98. The zero-order valence-electron chi connectivity index (χ0n) is 13.8. The normalized spacial score (nSPS) is 11.2. The minimum atomic E-state index is -0.981. The molecule has 0 saturated heterocycles. The molecule has 5 nitrogen and oxygen atoms in total. The van der Waals surface area contributed by atoms with E-state index in [1.54, 1.807) is 36.4 Å². The molecule has 0 aliphatic heterocycles. The minimum absolute atomic E-state index is 0.346. The van der Waals surface area contributed by atoms with Gasteiger partial charge in [-0.15, -0.1) is 0 Å². The van der Waals surface area contributed by atoms with E-state index in [0.29, 0.717) is 16.8 Å². The van der Waals surface area contributed by atoms with Crippen molar-refractivity contribution in [2.75, 3.05) is 5.32 Å². The molecule has 2 aromatic rings. The maximum atomic E-state index is 12.2. The van der Waals surface area contributed by atoms with Gasteiger partial charge in [-0.25, -0.2) is 4.79 Å². The van der Waals surface area contributed by atoms with Crippen LogP contribution < -0.4 is 5.32 Å². The zero-order valence-corrected chi connectivity index (χ0v) is 13.8. The van der Waals surface area contributed by atoms with Gasteiger partial charge >= 0.3 is 5.97 Å². The number of benzene rings is 2. The van der Waals surface area contributed by atoms with E-state index in [9.17, 15) is 9.59 Å². The molecule has 122 valence electrons. The van der Waals surface area contributed by atoms with Crippen LogP contribution in [0.25, 0.3) is 0 Å². The number of nitrogens with zero attached hydrogens (tertiary/aromatic N) is 1. The van der Waals surface area contributed by atoms with Crippen LogP contribution in [0.1, 0.15) is 34.0 Å². The molecule has 2 aromatic carbocycles. The molecular formula is C19H18N2O3. The molecule has 2 rings (SSSR count). The summed E-state index contributed by atoms with van der Waals surface area (Å²) in [5, 5.41) is 11.6. The van der Waals surface area contributed by atoms with E-state index in [-0.39, 0.29) is 0 Å². The Morgan fingerprint density at radius 3 is 2.50 bits per heavy atom. The molecule has 24 heavy (non-hydrogen) atoms. The molecule has 0 radical (unpaired) electrons. The topological polar surface area (TPSA) is 79.2 Å². The molecule has 0 saturated carbocycles. The highest BCUT2D eigenvalue weighted by atomic mass is 16.5. The Hall–Kier alpha value is -3.13. The van der Waals surface area contributed by atoms with E-state index >= 15 is 0 Å². The molecule has 1 amide bonds. The van der Waals surface area contributed by atoms with Gasteiger partial charge in [-0.05, 0) is 56.2 Å². The standard InChI is InChI=1S/C19H18N2O3/c1-12-8-9-15(10-13(12)2)19(23)24-14(3)18(22)21-17-7-5-4-6-16(17)11-20/h4-10,14H,1-3H3,(H,21,22)/t14-/m1/s1. The Kier molecular flexibility index (Phi) is 5.33. The van der Waals surface area contributed by atoms with Crippen molar-refractivity contribution in [3.05, 3.63) is 64.7 Å². The van der Waals surface area contributed by atoms with Crippen LogP contribution >= 0.6 is 0 Å². The van der Waals surface area contributed by atoms with Gasteiger partial charge in [0.2, 0.25) is 0 Å². The van der Waals surface area contributed by atoms with Gasteiger partial charge in [0, 0.05) is 0 Å². The van der Waals surface area contributed by atoms with Crippen LogP contribution in [0.2, 0.25) is 0 Å². The lowest BCUT2D eigenvalue weighted by atomic mass is 10.1. The van der Waals surface area contributed by atoms with Crippen LogP contribution in [-0.2, 0) is 9.53 Å². The summed E-state index contributed by atoms with van der Waals surface area (Å²) < 4.78 is 5.20. The van der Waals surface area contributed by atoms with Gasteiger partial charge in [0.05, 0.1) is 16.8 Å². The van der Waals surface area contributed by atoms with Crippen LogP contribution in [0.3, 0.4) is 0 Å². The lowest BCUT2D eigenvalue weighted by Gasteiger charge is -2.14. The number of rotatable bonds is 4. The van der Waals surface area contributed by atoms with E-state index in [2.05, 4.69) is 5.32 Å². The van der Waals surface area contributed by atoms with Gasteiger partial charge in [-0.3, -0.25) is 4.79 Å². The van der Waals surface area contributed by atoms with Crippen molar-refractivity contribution in [1.82, 2.24) is 0 Å². The number of hydrogen-bond acceptors (Lipinski definition) is 4. The maximum absolute atomic E-state index is 12.2. The Labute approximate surface area is 140 Å². The van der Waals surface area contributed by atoms with Gasteiger partial charge in [0.15, 0.2) is 6.10 Å². The maximum Gasteiger partial charge on any atom is 0.338 e. The lowest BCUT2D eigenvalue weighted by Crippen LogP contribution is -2.30. The van der Waals surface area contributed by atoms with Crippen molar-refractivity contribution >= 4 is 17.6 Å². The minimum Gasteiger partial charge on any atom is -0.449 e. The molecule has 0 bridgehead atoms. The molecule has 0 heterocycles.